The number of nitrogens with zero attached hydrogens (tertiary/aromatic N) is 2. The van der Waals surface area contributed by atoms with Crippen molar-refractivity contribution in [3.63, 3.8) is 0 Å². The number of halogens is 1. The van der Waals surface area contributed by atoms with Crippen LogP contribution in [0, 0.1) is 11.7 Å². The zero-order valence-electron chi connectivity index (χ0n) is 13.4. The molecule has 0 spiro atoms. The van der Waals surface area contributed by atoms with Gasteiger partial charge in [-0.05, 0) is 24.1 Å². The van der Waals surface area contributed by atoms with Gasteiger partial charge < -0.3 is 19.9 Å². The molecule has 2 aromatic rings. The Morgan fingerprint density at radius 1 is 1.42 bits per heavy atom. The number of ether oxygens (including phenoxy) is 1. The van der Waals surface area contributed by atoms with E-state index in [-0.39, 0.29) is 11.8 Å². The Morgan fingerprint density at radius 3 is 3.08 bits per heavy atom. The number of benzene rings is 1. The van der Waals surface area contributed by atoms with Crippen molar-refractivity contribution in [3.05, 3.63) is 53.9 Å². The lowest BCUT2D eigenvalue weighted by atomic mass is 10.1. The number of nitrogens with one attached hydrogen (secondary N) is 2. The quantitative estimate of drug-likeness (QED) is 0.849. The minimum absolute atomic E-state index is 0.220. The number of amides is 2. The van der Waals surface area contributed by atoms with Crippen LogP contribution in [0.5, 0.6) is 0 Å². The molecule has 7 heteroatoms. The molecule has 1 aromatic heterocycles. The van der Waals surface area contributed by atoms with Crippen LogP contribution in [-0.4, -0.2) is 35.3 Å². The maximum atomic E-state index is 13.9. The van der Waals surface area contributed by atoms with Crippen molar-refractivity contribution in [1.82, 2.24) is 20.2 Å². The molecular formula is C17H21FN4O2. The minimum Gasteiger partial charge on any atom is -0.381 e. The second kappa shape index (κ2) is 7.92. The Kier molecular flexibility index (Phi) is 5.43. The van der Waals surface area contributed by atoms with Crippen LogP contribution in [0.1, 0.15) is 17.5 Å². The van der Waals surface area contributed by atoms with Crippen molar-refractivity contribution < 1.29 is 13.9 Å². The van der Waals surface area contributed by atoms with Gasteiger partial charge in [0, 0.05) is 43.6 Å². The van der Waals surface area contributed by atoms with E-state index in [1.54, 1.807) is 35.4 Å². The average Bonchev–Trinajstić information content (AvgIpc) is 3.27. The third-order valence-corrected chi connectivity index (χ3v) is 4.05. The summed E-state index contributed by atoms with van der Waals surface area (Å²) in [4.78, 5) is 15.8. The SMILES string of the molecule is O=C(NCc1ccc(F)c(Cn2ccnc2)c1)NC[C@@H]1CCOC1. The van der Waals surface area contributed by atoms with Gasteiger partial charge in [-0.1, -0.05) is 6.07 Å². The predicted octanol–water partition coefficient (Wildman–Crippen LogP) is 1.91. The summed E-state index contributed by atoms with van der Waals surface area (Å²) in [5.74, 6) is 0.126. The summed E-state index contributed by atoms with van der Waals surface area (Å²) in [5.41, 5.74) is 1.42. The summed E-state index contributed by atoms with van der Waals surface area (Å²) >= 11 is 0. The number of carbonyl (C=O) groups excluding carboxylic acids is 1. The molecule has 1 aliphatic rings. The number of carbonyl (C=O) groups is 1. The first-order valence-electron chi connectivity index (χ1n) is 8.03. The monoisotopic (exact) mass is 332 g/mol. The number of urea groups is 1. The molecule has 3 rings (SSSR count). The zero-order valence-corrected chi connectivity index (χ0v) is 13.4. The van der Waals surface area contributed by atoms with Gasteiger partial charge in [-0.2, -0.15) is 0 Å². The highest BCUT2D eigenvalue weighted by molar-refractivity contribution is 5.73. The molecule has 2 heterocycles. The first-order valence-corrected chi connectivity index (χ1v) is 8.03. The van der Waals surface area contributed by atoms with Gasteiger partial charge in [0.2, 0.25) is 0 Å². The number of hydrogen-bond acceptors (Lipinski definition) is 3. The Hall–Kier alpha value is -2.41. The van der Waals surface area contributed by atoms with Gasteiger partial charge in [0.05, 0.1) is 19.5 Å². The van der Waals surface area contributed by atoms with E-state index in [1.165, 1.54) is 6.07 Å². The molecule has 2 amide bonds. The van der Waals surface area contributed by atoms with Crippen LogP contribution in [0.2, 0.25) is 0 Å². The number of imidazole rings is 1. The van der Waals surface area contributed by atoms with Crippen LogP contribution < -0.4 is 10.6 Å². The number of rotatable bonds is 6. The third kappa shape index (κ3) is 4.55. The second-order valence-corrected chi connectivity index (χ2v) is 5.95. The molecule has 1 atom stereocenters. The summed E-state index contributed by atoms with van der Waals surface area (Å²) in [6.45, 7) is 2.85. The maximum absolute atomic E-state index is 13.9. The molecular weight excluding hydrogens is 311 g/mol. The number of aromatic nitrogens is 2. The Morgan fingerprint density at radius 2 is 2.33 bits per heavy atom. The van der Waals surface area contributed by atoms with Gasteiger partial charge in [-0.15, -0.1) is 0 Å². The largest absolute Gasteiger partial charge is 0.381 e. The van der Waals surface area contributed by atoms with E-state index in [2.05, 4.69) is 15.6 Å². The maximum Gasteiger partial charge on any atom is 0.315 e. The molecule has 0 unspecified atom stereocenters. The van der Waals surface area contributed by atoms with Crippen LogP contribution >= 0.6 is 0 Å². The third-order valence-electron chi connectivity index (χ3n) is 4.05. The number of hydrogen-bond donors (Lipinski definition) is 2. The van der Waals surface area contributed by atoms with E-state index in [0.717, 1.165) is 18.6 Å². The van der Waals surface area contributed by atoms with Gasteiger partial charge in [0.1, 0.15) is 5.82 Å². The van der Waals surface area contributed by atoms with Crippen LogP contribution in [0.25, 0.3) is 0 Å². The normalized spacial score (nSPS) is 17.0. The molecule has 1 aromatic carbocycles. The van der Waals surface area contributed by atoms with Crippen LogP contribution in [0.15, 0.2) is 36.9 Å². The van der Waals surface area contributed by atoms with E-state index in [9.17, 15) is 9.18 Å². The van der Waals surface area contributed by atoms with E-state index >= 15 is 0 Å². The van der Waals surface area contributed by atoms with E-state index < -0.39 is 0 Å². The van der Waals surface area contributed by atoms with Gasteiger partial charge >= 0.3 is 6.03 Å². The fraction of sp³-hybridized carbons (Fsp3) is 0.412. The first kappa shape index (κ1) is 16.4. The topological polar surface area (TPSA) is 68.2 Å². The van der Waals surface area contributed by atoms with Crippen LogP contribution in [-0.2, 0) is 17.8 Å². The lowest BCUT2D eigenvalue weighted by molar-refractivity contribution is 0.185. The van der Waals surface area contributed by atoms with Crippen LogP contribution in [0.4, 0.5) is 9.18 Å². The summed E-state index contributed by atoms with van der Waals surface area (Å²) in [6, 6.07) is 4.65. The van der Waals surface area contributed by atoms with Crippen molar-refractivity contribution in [2.24, 2.45) is 5.92 Å². The average molecular weight is 332 g/mol. The highest BCUT2D eigenvalue weighted by Crippen LogP contribution is 2.13. The van der Waals surface area contributed by atoms with Gasteiger partial charge in [-0.25, -0.2) is 14.2 Å². The predicted molar refractivity (Wildman–Crippen MR) is 86.9 cm³/mol. The molecule has 2 N–H and O–H groups in total. The van der Waals surface area contributed by atoms with E-state index in [1.807, 2.05) is 0 Å². The van der Waals surface area contributed by atoms with Crippen LogP contribution in [0.3, 0.4) is 0 Å². The Labute approximate surface area is 140 Å². The summed E-state index contributed by atoms with van der Waals surface area (Å²) in [7, 11) is 0. The van der Waals surface area contributed by atoms with Crippen molar-refractivity contribution in [3.8, 4) is 0 Å². The zero-order chi connectivity index (χ0) is 16.8. The fourth-order valence-corrected chi connectivity index (χ4v) is 2.66. The molecule has 128 valence electrons. The van der Waals surface area contributed by atoms with Gasteiger partial charge in [0.15, 0.2) is 0 Å². The van der Waals surface area contributed by atoms with E-state index in [0.29, 0.717) is 37.7 Å². The fourth-order valence-electron chi connectivity index (χ4n) is 2.66. The first-order chi connectivity index (χ1) is 11.7. The molecule has 1 aliphatic heterocycles. The highest BCUT2D eigenvalue weighted by Gasteiger charge is 2.16. The molecule has 0 saturated carbocycles. The molecule has 24 heavy (non-hydrogen) atoms. The lowest BCUT2D eigenvalue weighted by Crippen LogP contribution is -2.38. The molecule has 0 bridgehead atoms. The summed E-state index contributed by atoms with van der Waals surface area (Å²) in [5, 5.41) is 5.64. The Bertz CT molecular complexity index is 669. The molecule has 0 aliphatic carbocycles. The minimum atomic E-state index is -0.266. The summed E-state index contributed by atoms with van der Waals surface area (Å²) in [6.07, 6.45) is 6.06. The molecule has 1 saturated heterocycles. The van der Waals surface area contributed by atoms with Gasteiger partial charge in [-0.3, -0.25) is 0 Å². The highest BCUT2D eigenvalue weighted by atomic mass is 19.1. The molecule has 1 fully saturated rings. The molecule has 6 nitrogen and oxygen atoms in total. The standard InChI is InChI=1S/C17H21FN4O2/c18-16-2-1-13(7-15(16)10-22-5-4-19-12-22)8-20-17(23)21-9-14-3-6-24-11-14/h1-2,4-5,7,12,14H,3,6,8-11H2,(H2,20,21,23)/t14-/m0/s1. The second-order valence-electron chi connectivity index (χ2n) is 5.95. The van der Waals surface area contributed by atoms with E-state index in [4.69, 9.17) is 4.74 Å². The summed E-state index contributed by atoms with van der Waals surface area (Å²) < 4.78 is 21.0. The smallest absolute Gasteiger partial charge is 0.315 e. The van der Waals surface area contributed by atoms with Gasteiger partial charge in [0.25, 0.3) is 0 Å². The van der Waals surface area contributed by atoms with Crippen molar-refractivity contribution in [2.75, 3.05) is 19.8 Å². The Balaban J connectivity index is 1.50. The lowest BCUT2D eigenvalue weighted by Gasteiger charge is -2.12. The van der Waals surface area contributed by atoms with Crippen molar-refractivity contribution in [1.29, 1.82) is 0 Å². The molecule has 0 radical (unpaired) electrons. The van der Waals surface area contributed by atoms with Crippen molar-refractivity contribution >= 4 is 6.03 Å². The van der Waals surface area contributed by atoms with Crippen molar-refractivity contribution in [2.45, 2.75) is 19.5 Å².